The average Bonchev–Trinajstić information content (AvgIpc) is 2.53. The fraction of sp³-hybridized carbons (Fsp3) is 0.400. The van der Waals surface area contributed by atoms with E-state index in [4.69, 9.17) is 0 Å². The summed E-state index contributed by atoms with van der Waals surface area (Å²) in [5.74, 6) is 0.797. The van der Waals surface area contributed by atoms with Crippen molar-refractivity contribution in [2.24, 2.45) is 11.8 Å². The van der Waals surface area contributed by atoms with Gasteiger partial charge in [0.2, 0.25) is 0 Å². The first kappa shape index (κ1) is 13.7. The standard InChI is InChI=1S/C20H20O2/c1-11-3-5-15-13-8-10-18-16(6-4-12(2)20(18)22)14(13)7-9-17(15)19(11)21/h7-12H,3-6H2,1-2H3/t11-,12-/m1/s1. The number of hydrogen-bond donors (Lipinski definition) is 0. The molecule has 0 N–H and O–H groups in total. The van der Waals surface area contributed by atoms with E-state index in [1.165, 1.54) is 21.9 Å². The van der Waals surface area contributed by atoms with E-state index >= 15 is 0 Å². The number of benzene rings is 2. The van der Waals surface area contributed by atoms with E-state index in [1.807, 2.05) is 26.0 Å². The molecule has 0 fully saturated rings. The summed E-state index contributed by atoms with van der Waals surface area (Å²) in [5, 5.41) is 2.36. The van der Waals surface area contributed by atoms with E-state index in [2.05, 4.69) is 12.1 Å². The lowest BCUT2D eigenvalue weighted by atomic mass is 9.77. The first-order valence-corrected chi connectivity index (χ1v) is 8.24. The summed E-state index contributed by atoms with van der Waals surface area (Å²) in [4.78, 5) is 24.8. The average molecular weight is 292 g/mol. The van der Waals surface area contributed by atoms with Crippen LogP contribution in [0.3, 0.4) is 0 Å². The van der Waals surface area contributed by atoms with Crippen LogP contribution in [0, 0.1) is 11.8 Å². The first-order valence-electron chi connectivity index (χ1n) is 8.24. The second kappa shape index (κ2) is 4.77. The van der Waals surface area contributed by atoms with Crippen LogP contribution in [0.2, 0.25) is 0 Å². The molecule has 112 valence electrons. The molecule has 0 saturated carbocycles. The van der Waals surface area contributed by atoms with E-state index in [0.29, 0.717) is 0 Å². The van der Waals surface area contributed by atoms with Gasteiger partial charge in [-0.25, -0.2) is 0 Å². The van der Waals surface area contributed by atoms with Gasteiger partial charge < -0.3 is 0 Å². The minimum Gasteiger partial charge on any atom is -0.294 e. The molecule has 4 rings (SSSR count). The molecule has 0 radical (unpaired) electrons. The molecule has 2 nitrogen and oxygen atoms in total. The van der Waals surface area contributed by atoms with Gasteiger partial charge in [-0.05, 0) is 47.6 Å². The van der Waals surface area contributed by atoms with Crippen molar-refractivity contribution in [1.82, 2.24) is 0 Å². The van der Waals surface area contributed by atoms with Crippen LogP contribution in [0.15, 0.2) is 24.3 Å². The highest BCUT2D eigenvalue weighted by Crippen LogP contribution is 2.36. The minimum atomic E-state index is 0.130. The third-order valence-corrected chi connectivity index (χ3v) is 5.50. The van der Waals surface area contributed by atoms with E-state index < -0.39 is 0 Å². The number of rotatable bonds is 0. The molecule has 0 bridgehead atoms. The predicted octanol–water partition coefficient (Wildman–Crippen LogP) is 4.37. The highest BCUT2D eigenvalue weighted by Gasteiger charge is 2.28. The number of carbonyl (C=O) groups is 2. The second-order valence-corrected chi connectivity index (χ2v) is 6.89. The van der Waals surface area contributed by atoms with Crippen molar-refractivity contribution in [2.45, 2.75) is 39.5 Å². The van der Waals surface area contributed by atoms with Gasteiger partial charge >= 0.3 is 0 Å². The molecular formula is C20H20O2. The number of Topliss-reactive ketones (excluding diaryl/α,β-unsaturated/α-hetero) is 2. The number of carbonyl (C=O) groups excluding carboxylic acids is 2. The third-order valence-electron chi connectivity index (χ3n) is 5.50. The van der Waals surface area contributed by atoms with Crippen LogP contribution in [0.25, 0.3) is 10.8 Å². The minimum absolute atomic E-state index is 0.130. The van der Waals surface area contributed by atoms with Crippen LogP contribution in [-0.2, 0) is 12.8 Å². The maximum Gasteiger partial charge on any atom is 0.165 e. The maximum absolute atomic E-state index is 12.4. The summed E-state index contributed by atoms with van der Waals surface area (Å²) in [6.45, 7) is 4.03. The molecule has 0 heterocycles. The van der Waals surface area contributed by atoms with Crippen molar-refractivity contribution < 1.29 is 9.59 Å². The van der Waals surface area contributed by atoms with Crippen LogP contribution in [0.1, 0.15) is 58.5 Å². The Balaban J connectivity index is 1.98. The van der Waals surface area contributed by atoms with Gasteiger partial charge in [0.05, 0.1) is 0 Å². The molecule has 2 aliphatic carbocycles. The van der Waals surface area contributed by atoms with E-state index in [1.54, 1.807) is 0 Å². The molecule has 2 heteroatoms. The molecule has 0 aliphatic heterocycles. The largest absolute Gasteiger partial charge is 0.294 e. The van der Waals surface area contributed by atoms with Gasteiger partial charge in [0.25, 0.3) is 0 Å². The lowest BCUT2D eigenvalue weighted by Gasteiger charge is -2.25. The lowest BCUT2D eigenvalue weighted by Crippen LogP contribution is -2.22. The van der Waals surface area contributed by atoms with Crippen molar-refractivity contribution >= 4 is 22.3 Å². The molecule has 22 heavy (non-hydrogen) atoms. The van der Waals surface area contributed by atoms with Crippen LogP contribution in [0.5, 0.6) is 0 Å². The van der Waals surface area contributed by atoms with E-state index in [9.17, 15) is 9.59 Å². The van der Waals surface area contributed by atoms with Gasteiger partial charge in [0.15, 0.2) is 11.6 Å². The normalized spacial score (nSPS) is 24.3. The third kappa shape index (κ3) is 1.79. The molecule has 0 amide bonds. The Hall–Kier alpha value is -1.96. The molecular weight excluding hydrogens is 272 g/mol. The van der Waals surface area contributed by atoms with Gasteiger partial charge in [0, 0.05) is 23.0 Å². The smallest absolute Gasteiger partial charge is 0.165 e. The topological polar surface area (TPSA) is 34.1 Å². The van der Waals surface area contributed by atoms with Crippen LogP contribution in [-0.4, -0.2) is 11.6 Å². The van der Waals surface area contributed by atoms with Crippen molar-refractivity contribution in [3.8, 4) is 0 Å². The van der Waals surface area contributed by atoms with E-state index in [-0.39, 0.29) is 23.4 Å². The fourth-order valence-electron chi connectivity index (χ4n) is 4.05. The van der Waals surface area contributed by atoms with Crippen LogP contribution in [0.4, 0.5) is 0 Å². The Labute approximate surface area is 130 Å². The molecule has 2 aliphatic rings. The predicted molar refractivity (Wildman–Crippen MR) is 87.6 cm³/mol. The SMILES string of the molecule is C[C@@H]1CCc2c(ccc3c4c(ccc23)C(=O)[C@H](C)CC4)C1=O. The zero-order valence-electron chi connectivity index (χ0n) is 13.1. The first-order chi connectivity index (χ1) is 10.6. The van der Waals surface area contributed by atoms with Crippen LogP contribution >= 0.6 is 0 Å². The summed E-state index contributed by atoms with van der Waals surface area (Å²) < 4.78 is 0. The van der Waals surface area contributed by atoms with Crippen molar-refractivity contribution in [2.75, 3.05) is 0 Å². The zero-order chi connectivity index (χ0) is 15.4. The quantitative estimate of drug-likeness (QED) is 0.722. The van der Waals surface area contributed by atoms with Crippen molar-refractivity contribution in [1.29, 1.82) is 0 Å². The van der Waals surface area contributed by atoms with Crippen LogP contribution < -0.4 is 0 Å². The molecule has 0 saturated heterocycles. The Bertz CT molecular complexity index is 747. The Morgan fingerprint density at radius 1 is 0.727 bits per heavy atom. The molecule has 0 aromatic heterocycles. The zero-order valence-corrected chi connectivity index (χ0v) is 13.1. The molecule has 2 atom stereocenters. The number of hydrogen-bond acceptors (Lipinski definition) is 2. The second-order valence-electron chi connectivity index (χ2n) is 6.89. The van der Waals surface area contributed by atoms with Crippen molar-refractivity contribution in [3.63, 3.8) is 0 Å². The summed E-state index contributed by atoms with van der Waals surface area (Å²) >= 11 is 0. The molecule has 2 aromatic rings. The number of fused-ring (bicyclic) bond motifs is 5. The lowest BCUT2D eigenvalue weighted by molar-refractivity contribution is 0.0906. The van der Waals surface area contributed by atoms with Gasteiger partial charge in [-0.1, -0.05) is 38.1 Å². The summed E-state index contributed by atoms with van der Waals surface area (Å²) in [7, 11) is 0. The Morgan fingerprint density at radius 2 is 1.14 bits per heavy atom. The molecule has 2 aromatic carbocycles. The Kier molecular flexibility index (Phi) is 2.97. The number of aryl methyl sites for hydroxylation is 2. The molecule has 0 unspecified atom stereocenters. The maximum atomic E-state index is 12.4. The van der Waals surface area contributed by atoms with E-state index in [0.717, 1.165) is 36.8 Å². The fourth-order valence-corrected chi connectivity index (χ4v) is 4.05. The Morgan fingerprint density at radius 3 is 1.55 bits per heavy atom. The highest BCUT2D eigenvalue weighted by molar-refractivity contribution is 6.09. The summed E-state index contributed by atoms with van der Waals surface area (Å²) in [5.41, 5.74) is 4.16. The van der Waals surface area contributed by atoms with Gasteiger partial charge in [0.1, 0.15) is 0 Å². The molecule has 0 spiro atoms. The highest BCUT2D eigenvalue weighted by atomic mass is 16.1. The van der Waals surface area contributed by atoms with Gasteiger partial charge in [-0.2, -0.15) is 0 Å². The summed E-state index contributed by atoms with van der Waals surface area (Å²) in [6, 6.07) is 8.09. The monoisotopic (exact) mass is 292 g/mol. The van der Waals surface area contributed by atoms with Crippen molar-refractivity contribution in [3.05, 3.63) is 46.5 Å². The summed E-state index contributed by atoms with van der Waals surface area (Å²) in [6.07, 6.45) is 3.78. The van der Waals surface area contributed by atoms with Gasteiger partial charge in [-0.15, -0.1) is 0 Å². The number of ketones is 2. The van der Waals surface area contributed by atoms with Gasteiger partial charge in [-0.3, -0.25) is 9.59 Å².